The highest BCUT2D eigenvalue weighted by molar-refractivity contribution is 6.38. The summed E-state index contributed by atoms with van der Waals surface area (Å²) in [6, 6.07) is -0.659. The molecule has 9 heteroatoms. The van der Waals surface area contributed by atoms with Gasteiger partial charge in [0.25, 0.3) is 0 Å². The zero-order valence-electron chi connectivity index (χ0n) is 32.7. The largest absolute Gasteiger partial charge is 0.381 e. The molecular weight excluding hydrogens is 644 g/mol. The lowest BCUT2D eigenvalue weighted by Gasteiger charge is -2.41. The molecule has 6 atom stereocenters. The Kier molecular flexibility index (Phi) is 12.4. The second kappa shape index (κ2) is 15.9. The minimum absolute atomic E-state index is 0.000324. The summed E-state index contributed by atoms with van der Waals surface area (Å²) in [4.78, 5) is 85.8. The van der Waals surface area contributed by atoms with Gasteiger partial charge in [0.1, 0.15) is 5.78 Å². The lowest BCUT2D eigenvalue weighted by molar-refractivity contribution is -0.147. The first-order valence-corrected chi connectivity index (χ1v) is 20.2. The number of nitrogens with zero attached hydrogens (tertiary/aromatic N) is 2. The molecule has 0 radical (unpaired) electrons. The molecule has 0 aromatic heterocycles. The molecular formula is C42H66N2O7. The summed E-state index contributed by atoms with van der Waals surface area (Å²) in [7, 11) is 0. The van der Waals surface area contributed by atoms with Crippen LogP contribution in [0.5, 0.6) is 0 Å². The van der Waals surface area contributed by atoms with Crippen LogP contribution in [0.4, 0.5) is 0 Å². The zero-order valence-corrected chi connectivity index (χ0v) is 32.7. The maximum absolute atomic E-state index is 14.5. The monoisotopic (exact) mass is 710 g/mol. The van der Waals surface area contributed by atoms with Gasteiger partial charge in [-0.3, -0.25) is 28.8 Å². The van der Waals surface area contributed by atoms with Crippen LogP contribution in [0.1, 0.15) is 138 Å². The van der Waals surface area contributed by atoms with E-state index >= 15 is 0 Å². The number of rotatable bonds is 10. The average Bonchev–Trinajstić information content (AvgIpc) is 3.89. The standard InChI is InChI=1S/C42H66N2O7/c1-40(2,3)30(24-43-17-16-41(4,5)23-35(43)48)22-31(45)20-29-26-51-18-12-10-8-9-11-13-28(38(49)34(47)19-27-14-15-27)21-33(46)37-36-32(42(36,6)7)25-44(37)39(29)50/h27-30,32,36-37H,8-26H2,1-7H3/t28-,29+,30-,32+,36+,37-/m1/s1. The van der Waals surface area contributed by atoms with E-state index in [9.17, 15) is 28.8 Å². The van der Waals surface area contributed by atoms with Gasteiger partial charge in [0.2, 0.25) is 17.6 Å². The third-order valence-electron chi connectivity index (χ3n) is 13.2. The van der Waals surface area contributed by atoms with Crippen LogP contribution < -0.4 is 0 Å². The molecule has 5 fully saturated rings. The maximum Gasteiger partial charge on any atom is 0.229 e. The van der Waals surface area contributed by atoms with Crippen molar-refractivity contribution in [3.63, 3.8) is 0 Å². The normalized spacial score (nSPS) is 31.1. The number of likely N-dealkylation sites (tertiary alicyclic amines) is 1. The van der Waals surface area contributed by atoms with Crippen molar-refractivity contribution < 1.29 is 33.5 Å². The Labute approximate surface area is 306 Å². The molecule has 2 aliphatic carbocycles. The van der Waals surface area contributed by atoms with E-state index < -0.39 is 23.7 Å². The van der Waals surface area contributed by atoms with Crippen LogP contribution in [-0.4, -0.2) is 83.6 Å². The quantitative estimate of drug-likeness (QED) is 0.234. The zero-order chi connectivity index (χ0) is 37.3. The van der Waals surface area contributed by atoms with E-state index in [1.165, 1.54) is 0 Å². The molecule has 0 N–H and O–H groups in total. The number of ketones is 4. The number of Topliss-reactive ketones (excluding diaryl/α,β-unsaturated/α-hetero) is 4. The number of piperidine rings is 2. The van der Waals surface area contributed by atoms with Gasteiger partial charge in [0.15, 0.2) is 11.6 Å². The first kappa shape index (κ1) is 39.8. The van der Waals surface area contributed by atoms with E-state index in [1.54, 1.807) is 4.90 Å². The minimum atomic E-state index is -0.711. The van der Waals surface area contributed by atoms with E-state index in [1.807, 2.05) is 4.90 Å². The van der Waals surface area contributed by atoms with E-state index in [0.29, 0.717) is 45.0 Å². The third kappa shape index (κ3) is 9.97. The number of fused-ring (bicyclic) bond motifs is 3. The molecule has 3 saturated heterocycles. The SMILES string of the molecule is CC1(C)CCN(C[C@@H](CC(=O)C[C@H]2COCCCCCCC[C@@H](C(=O)C(=O)CC3CC3)CC(=O)[C@@H]3[C@@H]4[C@H](CN3C2=O)C4(C)C)C(C)(C)C)C(=O)C1. The second-order valence-electron chi connectivity index (χ2n) is 19.5. The van der Waals surface area contributed by atoms with Gasteiger partial charge in [-0.15, -0.1) is 0 Å². The third-order valence-corrected chi connectivity index (χ3v) is 13.2. The summed E-state index contributed by atoms with van der Waals surface area (Å²) in [5.41, 5.74) is -0.334. The number of hydrogen-bond donors (Lipinski definition) is 0. The number of hydrogen-bond acceptors (Lipinski definition) is 7. The predicted molar refractivity (Wildman–Crippen MR) is 196 cm³/mol. The summed E-state index contributed by atoms with van der Waals surface area (Å²) in [5, 5.41) is 0. The van der Waals surface area contributed by atoms with Crippen LogP contribution in [0.3, 0.4) is 0 Å². The van der Waals surface area contributed by atoms with Crippen molar-refractivity contribution in [3.8, 4) is 0 Å². The summed E-state index contributed by atoms with van der Waals surface area (Å²) in [6.45, 7) is 17.1. The molecule has 0 bridgehead atoms. The Balaban J connectivity index is 1.32. The van der Waals surface area contributed by atoms with Crippen molar-refractivity contribution in [1.29, 1.82) is 0 Å². The average molecular weight is 711 g/mol. The Morgan fingerprint density at radius 3 is 2.27 bits per heavy atom. The van der Waals surface area contributed by atoms with Gasteiger partial charge in [0, 0.05) is 64.3 Å². The first-order valence-electron chi connectivity index (χ1n) is 20.2. The molecule has 5 aliphatic rings. The van der Waals surface area contributed by atoms with Crippen molar-refractivity contribution in [1.82, 2.24) is 9.80 Å². The Morgan fingerprint density at radius 2 is 1.61 bits per heavy atom. The summed E-state index contributed by atoms with van der Waals surface area (Å²) in [5.74, 6) is -1.91. The molecule has 3 heterocycles. The van der Waals surface area contributed by atoms with Crippen molar-refractivity contribution in [2.24, 2.45) is 51.8 Å². The van der Waals surface area contributed by atoms with Crippen LogP contribution in [-0.2, 0) is 33.5 Å². The van der Waals surface area contributed by atoms with Gasteiger partial charge in [-0.25, -0.2) is 0 Å². The Bertz CT molecular complexity index is 1340. The van der Waals surface area contributed by atoms with Crippen molar-refractivity contribution in [2.75, 3.05) is 32.8 Å². The Hall–Kier alpha value is -2.42. The number of amides is 2. The van der Waals surface area contributed by atoms with E-state index in [-0.39, 0.29) is 95.5 Å². The van der Waals surface area contributed by atoms with Crippen LogP contribution in [0.15, 0.2) is 0 Å². The van der Waals surface area contributed by atoms with Crippen LogP contribution in [0.2, 0.25) is 0 Å². The second-order valence-corrected chi connectivity index (χ2v) is 19.5. The fourth-order valence-corrected chi connectivity index (χ4v) is 9.20. The van der Waals surface area contributed by atoms with Gasteiger partial charge in [-0.05, 0) is 72.0 Å². The lowest BCUT2D eigenvalue weighted by Crippen LogP contribution is -2.49. The molecule has 5 rings (SSSR count). The van der Waals surface area contributed by atoms with E-state index in [2.05, 4.69) is 48.5 Å². The number of ether oxygens (including phenoxy) is 1. The fraction of sp³-hybridized carbons (Fsp3) is 0.857. The predicted octanol–water partition coefficient (Wildman–Crippen LogP) is 6.63. The molecule has 0 unspecified atom stereocenters. The van der Waals surface area contributed by atoms with Crippen molar-refractivity contribution in [3.05, 3.63) is 0 Å². The number of carbonyl (C=O) groups excluding carboxylic acids is 6. The number of carbonyl (C=O) groups is 6. The summed E-state index contributed by atoms with van der Waals surface area (Å²) >= 11 is 0. The molecule has 2 saturated carbocycles. The van der Waals surface area contributed by atoms with Gasteiger partial charge in [-0.1, -0.05) is 74.1 Å². The topological polar surface area (TPSA) is 118 Å². The van der Waals surface area contributed by atoms with Crippen LogP contribution >= 0.6 is 0 Å². The van der Waals surface area contributed by atoms with E-state index in [0.717, 1.165) is 51.4 Å². The molecule has 3 aliphatic heterocycles. The fourth-order valence-electron chi connectivity index (χ4n) is 9.20. The van der Waals surface area contributed by atoms with Crippen molar-refractivity contribution >= 4 is 34.9 Å². The van der Waals surface area contributed by atoms with Gasteiger partial charge >= 0.3 is 0 Å². The highest BCUT2D eigenvalue weighted by atomic mass is 16.5. The lowest BCUT2D eigenvalue weighted by atomic mass is 9.75. The summed E-state index contributed by atoms with van der Waals surface area (Å²) < 4.78 is 6.09. The highest BCUT2D eigenvalue weighted by Crippen LogP contribution is 2.65. The molecule has 0 aromatic rings. The highest BCUT2D eigenvalue weighted by Gasteiger charge is 2.69. The van der Waals surface area contributed by atoms with E-state index in [4.69, 9.17) is 4.74 Å². The van der Waals surface area contributed by atoms with Gasteiger partial charge in [0.05, 0.1) is 18.6 Å². The molecule has 0 spiro atoms. The van der Waals surface area contributed by atoms with Gasteiger partial charge in [-0.2, -0.15) is 0 Å². The Morgan fingerprint density at radius 1 is 0.922 bits per heavy atom. The molecule has 9 nitrogen and oxygen atoms in total. The first-order chi connectivity index (χ1) is 23.9. The maximum atomic E-state index is 14.5. The van der Waals surface area contributed by atoms with Gasteiger partial charge < -0.3 is 14.5 Å². The van der Waals surface area contributed by atoms with Crippen molar-refractivity contribution in [2.45, 2.75) is 144 Å². The summed E-state index contributed by atoms with van der Waals surface area (Å²) in [6.07, 6.45) is 8.95. The minimum Gasteiger partial charge on any atom is -0.381 e. The van der Waals surface area contributed by atoms with Crippen LogP contribution in [0.25, 0.3) is 0 Å². The van der Waals surface area contributed by atoms with Crippen LogP contribution in [0, 0.1) is 51.8 Å². The molecule has 51 heavy (non-hydrogen) atoms. The molecule has 0 aromatic carbocycles. The molecule has 286 valence electrons. The smallest absolute Gasteiger partial charge is 0.229 e. The molecule has 2 amide bonds.